The number of primary sulfonamides is 1. The lowest BCUT2D eigenvalue weighted by molar-refractivity contribution is 0.243. The lowest BCUT2D eigenvalue weighted by atomic mass is 9.66. The minimum absolute atomic E-state index is 0.0317. The summed E-state index contributed by atoms with van der Waals surface area (Å²) in [5.74, 6) is 0.245. The molecule has 1 saturated carbocycles. The maximum atomic E-state index is 14.2. The van der Waals surface area contributed by atoms with Crippen molar-refractivity contribution in [2.24, 2.45) is 5.14 Å². The molecule has 1 aliphatic rings. The zero-order valence-corrected chi connectivity index (χ0v) is 16.3. The molecule has 1 fully saturated rings. The lowest BCUT2D eigenvalue weighted by Crippen LogP contribution is -2.42. The SMILES string of the molecule is NS(=O)(=O)c1cnc(-c2ccc(NCC3(c4ncccc4F)CCC3)nn2)s1. The Morgan fingerprint density at radius 2 is 2.04 bits per heavy atom. The summed E-state index contributed by atoms with van der Waals surface area (Å²) in [6.07, 6.45) is 5.55. The van der Waals surface area contributed by atoms with Crippen LogP contribution < -0.4 is 10.5 Å². The van der Waals surface area contributed by atoms with Crippen molar-refractivity contribution in [2.75, 3.05) is 11.9 Å². The van der Waals surface area contributed by atoms with Crippen LogP contribution in [0.5, 0.6) is 0 Å². The van der Waals surface area contributed by atoms with Crippen LogP contribution in [0.3, 0.4) is 0 Å². The molecule has 146 valence electrons. The molecule has 0 bridgehead atoms. The number of aromatic nitrogens is 4. The van der Waals surface area contributed by atoms with Gasteiger partial charge in [0.1, 0.15) is 22.3 Å². The van der Waals surface area contributed by atoms with Gasteiger partial charge in [0.05, 0.1) is 11.9 Å². The highest BCUT2D eigenvalue weighted by Gasteiger charge is 2.41. The summed E-state index contributed by atoms with van der Waals surface area (Å²) in [7, 11) is -3.79. The van der Waals surface area contributed by atoms with Gasteiger partial charge in [-0.1, -0.05) is 17.8 Å². The summed E-state index contributed by atoms with van der Waals surface area (Å²) in [5, 5.41) is 16.9. The average Bonchev–Trinajstić information content (AvgIpc) is 3.13. The molecular formula is C17H17FN6O2S2. The van der Waals surface area contributed by atoms with Gasteiger partial charge >= 0.3 is 0 Å². The quantitative estimate of drug-likeness (QED) is 0.627. The molecule has 28 heavy (non-hydrogen) atoms. The van der Waals surface area contributed by atoms with Gasteiger partial charge in [-0.15, -0.1) is 10.2 Å². The number of nitrogens with zero attached hydrogens (tertiary/aromatic N) is 4. The van der Waals surface area contributed by atoms with E-state index in [0.29, 0.717) is 28.8 Å². The Bertz CT molecular complexity index is 1100. The van der Waals surface area contributed by atoms with Crippen molar-refractivity contribution >= 4 is 27.2 Å². The van der Waals surface area contributed by atoms with Crippen molar-refractivity contribution < 1.29 is 12.8 Å². The average molecular weight is 420 g/mol. The topological polar surface area (TPSA) is 124 Å². The molecule has 0 spiro atoms. The van der Waals surface area contributed by atoms with E-state index in [4.69, 9.17) is 5.14 Å². The van der Waals surface area contributed by atoms with E-state index >= 15 is 0 Å². The monoisotopic (exact) mass is 420 g/mol. The van der Waals surface area contributed by atoms with Crippen molar-refractivity contribution in [1.82, 2.24) is 20.2 Å². The smallest absolute Gasteiger partial charge is 0.249 e. The first kappa shape index (κ1) is 18.8. The Morgan fingerprint density at radius 1 is 1.21 bits per heavy atom. The fourth-order valence-electron chi connectivity index (χ4n) is 3.19. The van der Waals surface area contributed by atoms with Gasteiger partial charge in [-0.2, -0.15) is 0 Å². The highest BCUT2D eigenvalue weighted by molar-refractivity contribution is 7.91. The fourth-order valence-corrected chi connectivity index (χ4v) is 4.70. The normalized spacial score (nSPS) is 15.8. The first-order valence-electron chi connectivity index (χ1n) is 8.55. The van der Waals surface area contributed by atoms with Crippen LogP contribution in [0, 0.1) is 5.82 Å². The molecule has 0 radical (unpaired) electrons. The van der Waals surface area contributed by atoms with Gasteiger partial charge in [-0.3, -0.25) is 4.98 Å². The number of rotatable bonds is 6. The van der Waals surface area contributed by atoms with Gasteiger partial charge in [0.15, 0.2) is 4.21 Å². The highest BCUT2D eigenvalue weighted by Crippen LogP contribution is 2.43. The van der Waals surface area contributed by atoms with Gasteiger partial charge in [-0.05, 0) is 37.1 Å². The third-order valence-corrected chi connectivity index (χ3v) is 7.26. The van der Waals surface area contributed by atoms with E-state index < -0.39 is 10.0 Å². The van der Waals surface area contributed by atoms with Crippen molar-refractivity contribution in [3.8, 4) is 10.7 Å². The van der Waals surface area contributed by atoms with E-state index in [9.17, 15) is 12.8 Å². The number of halogens is 1. The minimum Gasteiger partial charge on any atom is -0.368 e. The van der Waals surface area contributed by atoms with Gasteiger partial charge < -0.3 is 5.32 Å². The number of thiazole rings is 1. The van der Waals surface area contributed by atoms with Crippen LogP contribution in [0.1, 0.15) is 25.0 Å². The predicted molar refractivity (Wildman–Crippen MR) is 103 cm³/mol. The van der Waals surface area contributed by atoms with Crippen LogP contribution in [0.15, 0.2) is 40.9 Å². The van der Waals surface area contributed by atoms with Crippen LogP contribution in [0.4, 0.5) is 10.2 Å². The molecule has 4 rings (SSSR count). The summed E-state index contributed by atoms with van der Waals surface area (Å²) < 4.78 is 36.9. The number of nitrogens with one attached hydrogen (secondary N) is 1. The summed E-state index contributed by atoms with van der Waals surface area (Å²) in [6, 6.07) is 6.43. The second-order valence-electron chi connectivity index (χ2n) is 6.65. The van der Waals surface area contributed by atoms with E-state index in [1.165, 1.54) is 12.3 Å². The van der Waals surface area contributed by atoms with Crippen LogP contribution in [0.2, 0.25) is 0 Å². The maximum Gasteiger partial charge on any atom is 0.249 e. The standard InChI is InChI=1S/C17H17FN6O2S2/c18-11-3-1-8-20-15(11)17(6-2-7-17)10-22-13-5-4-12(23-24-13)16-21-9-14(27-16)28(19,25)26/h1,3-5,8-9H,2,6-7,10H2,(H,22,24)(H2,19,25,26). The number of hydrogen-bond acceptors (Lipinski definition) is 8. The number of anilines is 1. The fraction of sp³-hybridized carbons (Fsp3) is 0.294. The maximum absolute atomic E-state index is 14.2. The molecule has 0 unspecified atom stereocenters. The Morgan fingerprint density at radius 3 is 2.61 bits per heavy atom. The van der Waals surface area contributed by atoms with E-state index in [2.05, 4.69) is 25.5 Å². The Balaban J connectivity index is 1.48. The molecule has 11 heteroatoms. The van der Waals surface area contributed by atoms with Crippen molar-refractivity contribution in [3.05, 3.63) is 48.2 Å². The third-order valence-electron chi connectivity index (χ3n) is 4.83. The molecule has 0 saturated heterocycles. The largest absolute Gasteiger partial charge is 0.368 e. The summed E-state index contributed by atoms with van der Waals surface area (Å²) in [5.41, 5.74) is 0.585. The second kappa shape index (κ2) is 7.15. The molecular weight excluding hydrogens is 403 g/mol. The molecule has 0 aromatic carbocycles. The summed E-state index contributed by atoms with van der Waals surface area (Å²) in [4.78, 5) is 8.27. The lowest BCUT2D eigenvalue weighted by Gasteiger charge is -2.41. The molecule has 0 atom stereocenters. The van der Waals surface area contributed by atoms with Gasteiger partial charge in [0.25, 0.3) is 0 Å². The first-order valence-corrected chi connectivity index (χ1v) is 10.9. The Hall–Kier alpha value is -2.50. The van der Waals surface area contributed by atoms with Crippen LogP contribution in [-0.4, -0.2) is 35.1 Å². The van der Waals surface area contributed by atoms with E-state index in [1.54, 1.807) is 24.4 Å². The van der Waals surface area contributed by atoms with Gasteiger partial charge in [0.2, 0.25) is 10.0 Å². The summed E-state index contributed by atoms with van der Waals surface area (Å²) >= 11 is 0.931. The predicted octanol–water partition coefficient (Wildman–Crippen LogP) is 2.32. The molecule has 3 aromatic heterocycles. The molecule has 3 heterocycles. The van der Waals surface area contributed by atoms with Crippen molar-refractivity contribution in [3.63, 3.8) is 0 Å². The number of pyridine rings is 1. The highest BCUT2D eigenvalue weighted by atomic mass is 32.2. The first-order chi connectivity index (χ1) is 13.4. The third kappa shape index (κ3) is 3.60. The van der Waals surface area contributed by atoms with Crippen LogP contribution in [0.25, 0.3) is 10.7 Å². The van der Waals surface area contributed by atoms with E-state index in [-0.39, 0.29) is 15.4 Å². The Labute approximate surface area is 165 Å². The Kier molecular flexibility index (Phi) is 4.81. The molecule has 1 aliphatic carbocycles. The van der Waals surface area contributed by atoms with Crippen LogP contribution >= 0.6 is 11.3 Å². The minimum atomic E-state index is -3.79. The summed E-state index contributed by atoms with van der Waals surface area (Å²) in [6.45, 7) is 0.502. The number of hydrogen-bond donors (Lipinski definition) is 2. The van der Waals surface area contributed by atoms with E-state index in [1.807, 2.05) is 0 Å². The van der Waals surface area contributed by atoms with Gasteiger partial charge in [0, 0.05) is 18.2 Å². The second-order valence-corrected chi connectivity index (χ2v) is 9.47. The molecule has 3 N–H and O–H groups in total. The zero-order valence-electron chi connectivity index (χ0n) is 14.7. The van der Waals surface area contributed by atoms with Gasteiger partial charge in [-0.25, -0.2) is 22.9 Å². The zero-order chi connectivity index (χ0) is 19.8. The molecule has 0 aliphatic heterocycles. The number of sulfonamides is 1. The van der Waals surface area contributed by atoms with Crippen molar-refractivity contribution in [2.45, 2.75) is 28.9 Å². The van der Waals surface area contributed by atoms with E-state index in [0.717, 1.165) is 30.6 Å². The number of nitrogens with two attached hydrogens (primary N) is 1. The molecule has 3 aromatic rings. The van der Waals surface area contributed by atoms with Crippen LogP contribution in [-0.2, 0) is 15.4 Å². The molecule has 8 nitrogen and oxygen atoms in total. The van der Waals surface area contributed by atoms with Crippen molar-refractivity contribution in [1.29, 1.82) is 0 Å². The molecule has 0 amide bonds.